The molecule has 2 aliphatic heterocycles. The van der Waals surface area contributed by atoms with E-state index in [4.69, 9.17) is 23.2 Å². The molecule has 0 bridgehead atoms. The topological polar surface area (TPSA) is 33.1 Å². The third kappa shape index (κ3) is 4.11. The Morgan fingerprint density at radius 1 is 1.20 bits per heavy atom. The van der Waals surface area contributed by atoms with Crippen LogP contribution in [0.4, 0.5) is 13.2 Å². The molecule has 0 saturated carbocycles. The normalized spacial score (nSPS) is 22.3. The van der Waals surface area contributed by atoms with Gasteiger partial charge in [0.25, 0.3) is 0 Å². The number of aryl methyl sites for hydroxylation is 1. The first-order valence-corrected chi connectivity index (χ1v) is 10.4. The zero-order valence-corrected chi connectivity index (χ0v) is 17.8. The van der Waals surface area contributed by atoms with Crippen LogP contribution in [0.2, 0.25) is 10.0 Å². The minimum atomic E-state index is -4.48. The fourth-order valence-corrected chi connectivity index (χ4v) is 4.75. The molecule has 1 N–H and O–H groups in total. The molecule has 4 rings (SSSR count). The minimum Gasteiger partial charge on any atom is -0.368 e. The minimum absolute atomic E-state index is 0.00652. The lowest BCUT2D eigenvalue weighted by Gasteiger charge is -2.41. The quantitative estimate of drug-likeness (QED) is 0.696. The summed E-state index contributed by atoms with van der Waals surface area (Å²) < 4.78 is 41.9. The molecule has 3 heterocycles. The van der Waals surface area contributed by atoms with Gasteiger partial charge in [-0.2, -0.15) is 18.3 Å². The number of halogens is 5. The van der Waals surface area contributed by atoms with E-state index < -0.39 is 11.7 Å². The number of hydrogen-bond acceptors (Lipinski definition) is 3. The first-order valence-electron chi connectivity index (χ1n) is 9.65. The molecule has 160 valence electrons. The Balaban J connectivity index is 1.67. The van der Waals surface area contributed by atoms with Crippen LogP contribution in [0.3, 0.4) is 0 Å². The van der Waals surface area contributed by atoms with Crippen LogP contribution in [0.25, 0.3) is 5.57 Å². The summed E-state index contributed by atoms with van der Waals surface area (Å²) >= 11 is 12.1. The van der Waals surface area contributed by atoms with Crippen molar-refractivity contribution >= 4 is 28.8 Å². The van der Waals surface area contributed by atoms with Crippen molar-refractivity contribution in [3.05, 3.63) is 69.6 Å². The highest BCUT2D eigenvalue weighted by Gasteiger charge is 2.36. The average molecular weight is 457 g/mol. The number of allylic oxidation sites excluding steroid dienone is 2. The van der Waals surface area contributed by atoms with Crippen LogP contribution in [0.1, 0.15) is 29.2 Å². The first kappa shape index (κ1) is 21.3. The van der Waals surface area contributed by atoms with E-state index in [-0.39, 0.29) is 17.0 Å². The lowest BCUT2D eigenvalue weighted by Crippen LogP contribution is -2.48. The van der Waals surface area contributed by atoms with Crippen molar-refractivity contribution in [3.63, 3.8) is 0 Å². The Morgan fingerprint density at radius 3 is 2.70 bits per heavy atom. The Labute approximate surface area is 182 Å². The van der Waals surface area contributed by atoms with Gasteiger partial charge in [0.1, 0.15) is 0 Å². The standard InChI is InChI=1S/C21H21Cl2F3N4/c1-29-20(18(23)10-28-29)14-3-2-8-30(12-14)19-11-27-7-6-15(19)13-4-5-17(22)16(9-13)21(24,25)26/h2-5,9-10,12,15,19,27H,6-8,11H2,1H3/t15-,19+/m0/s1. The molecule has 1 saturated heterocycles. The maximum absolute atomic E-state index is 13.4. The maximum Gasteiger partial charge on any atom is 0.417 e. The van der Waals surface area contributed by atoms with E-state index in [0.29, 0.717) is 23.7 Å². The molecular formula is C21H21Cl2F3N4. The smallest absolute Gasteiger partial charge is 0.368 e. The molecule has 1 fully saturated rings. The van der Waals surface area contributed by atoms with Gasteiger partial charge in [-0.3, -0.25) is 4.68 Å². The number of alkyl halides is 3. The molecule has 2 aromatic rings. The second-order valence-corrected chi connectivity index (χ2v) is 8.37. The van der Waals surface area contributed by atoms with Crippen molar-refractivity contribution < 1.29 is 13.2 Å². The van der Waals surface area contributed by atoms with Gasteiger partial charge in [0.2, 0.25) is 0 Å². The molecule has 0 aliphatic carbocycles. The third-order valence-electron chi connectivity index (χ3n) is 5.69. The van der Waals surface area contributed by atoms with Crippen molar-refractivity contribution in [3.8, 4) is 0 Å². The third-order valence-corrected chi connectivity index (χ3v) is 6.29. The largest absolute Gasteiger partial charge is 0.417 e. The van der Waals surface area contributed by atoms with E-state index in [2.05, 4.69) is 15.3 Å². The SMILES string of the molecule is Cn1ncc(Cl)c1C1=CN([C@@H]2CNCC[C@H]2c2ccc(Cl)c(C(F)(F)F)c2)CC=C1. The van der Waals surface area contributed by atoms with Crippen LogP contribution in [0.15, 0.2) is 42.7 Å². The van der Waals surface area contributed by atoms with E-state index in [1.165, 1.54) is 12.1 Å². The number of nitrogens with zero attached hydrogens (tertiary/aromatic N) is 3. The molecule has 1 aromatic carbocycles. The Kier molecular flexibility index (Phi) is 5.88. The molecular weight excluding hydrogens is 436 g/mol. The van der Waals surface area contributed by atoms with Crippen molar-refractivity contribution in [2.45, 2.75) is 24.6 Å². The number of hydrogen-bond donors (Lipinski definition) is 1. The van der Waals surface area contributed by atoms with Gasteiger partial charge in [0.05, 0.1) is 27.5 Å². The lowest BCUT2D eigenvalue weighted by molar-refractivity contribution is -0.137. The second kappa shape index (κ2) is 8.29. The molecule has 2 aliphatic rings. The second-order valence-electron chi connectivity index (χ2n) is 7.55. The molecule has 4 nitrogen and oxygen atoms in total. The van der Waals surface area contributed by atoms with E-state index in [0.717, 1.165) is 24.2 Å². The molecule has 2 atom stereocenters. The summed E-state index contributed by atoms with van der Waals surface area (Å²) in [5, 5.41) is 7.85. The Bertz CT molecular complexity index is 977. The van der Waals surface area contributed by atoms with E-state index in [1.807, 2.05) is 25.4 Å². The Hall–Kier alpha value is -1.96. The van der Waals surface area contributed by atoms with Gasteiger partial charge in [-0.25, -0.2) is 0 Å². The van der Waals surface area contributed by atoms with Gasteiger partial charge in [-0.15, -0.1) is 0 Å². The van der Waals surface area contributed by atoms with Crippen LogP contribution >= 0.6 is 23.2 Å². The van der Waals surface area contributed by atoms with Crippen molar-refractivity contribution in [2.24, 2.45) is 7.05 Å². The highest BCUT2D eigenvalue weighted by atomic mass is 35.5. The zero-order valence-electron chi connectivity index (χ0n) is 16.3. The Morgan fingerprint density at radius 2 is 2.00 bits per heavy atom. The van der Waals surface area contributed by atoms with E-state index in [1.54, 1.807) is 16.9 Å². The summed E-state index contributed by atoms with van der Waals surface area (Å²) in [7, 11) is 1.83. The fraction of sp³-hybridized carbons (Fsp3) is 0.381. The number of benzene rings is 1. The summed E-state index contributed by atoms with van der Waals surface area (Å²) in [5.74, 6) is -0.0596. The van der Waals surface area contributed by atoms with Crippen LogP contribution < -0.4 is 5.32 Å². The van der Waals surface area contributed by atoms with Crippen LogP contribution in [0.5, 0.6) is 0 Å². The number of nitrogens with one attached hydrogen (secondary N) is 1. The lowest BCUT2D eigenvalue weighted by atomic mass is 9.84. The molecule has 0 radical (unpaired) electrons. The molecule has 9 heteroatoms. The first-order chi connectivity index (χ1) is 14.3. The molecule has 30 heavy (non-hydrogen) atoms. The zero-order chi connectivity index (χ0) is 21.5. The van der Waals surface area contributed by atoms with Crippen LogP contribution in [0, 0.1) is 0 Å². The highest BCUT2D eigenvalue weighted by Crippen LogP contribution is 2.39. The summed E-state index contributed by atoms with van der Waals surface area (Å²) in [6.07, 6.45) is 3.91. The summed E-state index contributed by atoms with van der Waals surface area (Å²) in [6, 6.07) is 4.26. The van der Waals surface area contributed by atoms with Gasteiger partial charge >= 0.3 is 6.18 Å². The van der Waals surface area contributed by atoms with Crippen molar-refractivity contribution in [1.29, 1.82) is 0 Å². The van der Waals surface area contributed by atoms with E-state index in [9.17, 15) is 13.2 Å². The number of aromatic nitrogens is 2. The van der Waals surface area contributed by atoms with Gasteiger partial charge in [-0.1, -0.05) is 41.4 Å². The summed E-state index contributed by atoms with van der Waals surface area (Å²) in [5.41, 5.74) is 1.60. The maximum atomic E-state index is 13.4. The molecule has 0 unspecified atom stereocenters. The van der Waals surface area contributed by atoms with Gasteiger partial charge in [0, 0.05) is 43.9 Å². The van der Waals surface area contributed by atoms with Crippen molar-refractivity contribution in [1.82, 2.24) is 20.0 Å². The average Bonchev–Trinajstić information content (AvgIpc) is 3.06. The van der Waals surface area contributed by atoms with Gasteiger partial charge in [-0.05, 0) is 30.7 Å². The number of piperidine rings is 1. The monoisotopic (exact) mass is 456 g/mol. The summed E-state index contributed by atoms with van der Waals surface area (Å²) in [4.78, 5) is 2.16. The van der Waals surface area contributed by atoms with Crippen LogP contribution in [-0.4, -0.2) is 40.4 Å². The summed E-state index contributed by atoms with van der Waals surface area (Å²) in [6.45, 7) is 2.09. The van der Waals surface area contributed by atoms with Gasteiger partial charge < -0.3 is 10.2 Å². The molecule has 0 amide bonds. The predicted octanol–water partition coefficient (Wildman–Crippen LogP) is 5.10. The van der Waals surface area contributed by atoms with E-state index >= 15 is 0 Å². The fourth-order valence-electron chi connectivity index (χ4n) is 4.25. The molecule has 0 spiro atoms. The molecule has 1 aromatic heterocycles. The predicted molar refractivity (Wildman–Crippen MR) is 113 cm³/mol. The van der Waals surface area contributed by atoms with Gasteiger partial charge in [0.15, 0.2) is 0 Å². The van der Waals surface area contributed by atoms with Crippen molar-refractivity contribution in [2.75, 3.05) is 19.6 Å². The highest BCUT2D eigenvalue weighted by molar-refractivity contribution is 6.32. The number of rotatable bonds is 3. The van der Waals surface area contributed by atoms with Crippen LogP contribution in [-0.2, 0) is 13.2 Å².